The molecule has 0 atom stereocenters. The molecule has 0 aliphatic carbocycles. The van der Waals surface area contributed by atoms with E-state index in [1.165, 1.54) is 10.8 Å². The normalized spacial score (nSPS) is 16.2. The summed E-state index contributed by atoms with van der Waals surface area (Å²) in [6.45, 7) is 2.14. The van der Waals surface area contributed by atoms with Crippen molar-refractivity contribution in [1.29, 1.82) is 0 Å². The second-order valence-corrected chi connectivity index (χ2v) is 4.51. The quantitative estimate of drug-likeness (QED) is 0.802. The van der Waals surface area contributed by atoms with Crippen LogP contribution in [0.1, 0.15) is 5.56 Å². The minimum atomic E-state index is 0.436. The fourth-order valence-corrected chi connectivity index (χ4v) is 2.32. The van der Waals surface area contributed by atoms with E-state index in [-0.39, 0.29) is 0 Å². The van der Waals surface area contributed by atoms with E-state index in [4.69, 9.17) is 0 Å². The first-order valence-corrected chi connectivity index (χ1v) is 5.75. The average Bonchev–Trinajstić information content (AvgIpc) is 2.25. The third kappa shape index (κ3) is 1.55. The smallest absolute Gasteiger partial charge is 0.119 e. The highest BCUT2D eigenvalue weighted by Gasteiger charge is 2.19. The summed E-state index contributed by atoms with van der Waals surface area (Å²) in [6, 6.07) is 12.0. The van der Waals surface area contributed by atoms with Crippen LogP contribution < -0.4 is 5.32 Å². The maximum absolute atomic E-state index is 9.96. The van der Waals surface area contributed by atoms with Crippen molar-refractivity contribution in [2.75, 3.05) is 13.1 Å². The van der Waals surface area contributed by atoms with Crippen LogP contribution >= 0.6 is 0 Å². The Balaban J connectivity index is 2.08. The van der Waals surface area contributed by atoms with E-state index in [0.29, 0.717) is 11.7 Å². The van der Waals surface area contributed by atoms with Crippen molar-refractivity contribution >= 4 is 10.8 Å². The zero-order valence-electron chi connectivity index (χ0n) is 9.11. The SMILES string of the molecule is Oc1ccc2ccccc2c1CC1CNC1. The van der Waals surface area contributed by atoms with E-state index in [9.17, 15) is 5.11 Å². The summed E-state index contributed by atoms with van der Waals surface area (Å²) in [4.78, 5) is 0. The summed E-state index contributed by atoms with van der Waals surface area (Å²) in [5, 5.41) is 15.6. The lowest BCUT2D eigenvalue weighted by Crippen LogP contribution is -2.43. The van der Waals surface area contributed by atoms with Crippen molar-refractivity contribution in [2.24, 2.45) is 5.92 Å². The lowest BCUT2D eigenvalue weighted by atomic mass is 9.91. The largest absolute Gasteiger partial charge is 0.508 e. The van der Waals surface area contributed by atoms with Gasteiger partial charge >= 0.3 is 0 Å². The number of phenolic OH excluding ortho intramolecular Hbond substituents is 1. The third-order valence-electron chi connectivity index (χ3n) is 3.37. The van der Waals surface area contributed by atoms with E-state index >= 15 is 0 Å². The molecule has 1 saturated heterocycles. The number of hydrogen-bond acceptors (Lipinski definition) is 2. The zero-order chi connectivity index (χ0) is 11.0. The molecule has 2 N–H and O–H groups in total. The molecular formula is C14H15NO. The monoisotopic (exact) mass is 213 g/mol. The van der Waals surface area contributed by atoms with Crippen molar-refractivity contribution in [2.45, 2.75) is 6.42 Å². The Hall–Kier alpha value is -1.54. The molecule has 2 aromatic carbocycles. The van der Waals surface area contributed by atoms with Crippen LogP contribution in [-0.4, -0.2) is 18.2 Å². The van der Waals surface area contributed by atoms with Crippen molar-refractivity contribution in [3.63, 3.8) is 0 Å². The van der Waals surface area contributed by atoms with Gasteiger partial charge in [0.2, 0.25) is 0 Å². The van der Waals surface area contributed by atoms with Crippen LogP contribution in [0, 0.1) is 5.92 Å². The first-order valence-electron chi connectivity index (χ1n) is 5.75. The Labute approximate surface area is 94.9 Å². The van der Waals surface area contributed by atoms with Gasteiger partial charge in [0.1, 0.15) is 5.75 Å². The average molecular weight is 213 g/mol. The number of hydrogen-bond donors (Lipinski definition) is 2. The maximum atomic E-state index is 9.96. The third-order valence-corrected chi connectivity index (χ3v) is 3.37. The number of fused-ring (bicyclic) bond motifs is 1. The van der Waals surface area contributed by atoms with Gasteiger partial charge in [-0.2, -0.15) is 0 Å². The molecule has 0 radical (unpaired) electrons. The second-order valence-electron chi connectivity index (χ2n) is 4.51. The maximum Gasteiger partial charge on any atom is 0.119 e. The van der Waals surface area contributed by atoms with Gasteiger partial charge in [-0.25, -0.2) is 0 Å². The molecule has 1 heterocycles. The number of phenols is 1. The van der Waals surface area contributed by atoms with Gasteiger partial charge in [-0.15, -0.1) is 0 Å². The van der Waals surface area contributed by atoms with Crippen molar-refractivity contribution in [3.8, 4) is 5.75 Å². The van der Waals surface area contributed by atoms with Crippen molar-refractivity contribution in [1.82, 2.24) is 5.32 Å². The number of aromatic hydroxyl groups is 1. The van der Waals surface area contributed by atoms with E-state index in [1.807, 2.05) is 24.3 Å². The van der Waals surface area contributed by atoms with E-state index in [0.717, 1.165) is 25.1 Å². The van der Waals surface area contributed by atoms with Crippen LogP contribution in [-0.2, 0) is 6.42 Å². The molecule has 2 heteroatoms. The van der Waals surface area contributed by atoms with Gasteiger partial charge in [-0.05, 0) is 42.3 Å². The number of rotatable bonds is 2. The van der Waals surface area contributed by atoms with E-state index < -0.39 is 0 Å². The predicted molar refractivity (Wildman–Crippen MR) is 65.7 cm³/mol. The van der Waals surface area contributed by atoms with Gasteiger partial charge in [0, 0.05) is 5.56 Å². The molecule has 0 saturated carbocycles. The topological polar surface area (TPSA) is 32.3 Å². The molecule has 0 amide bonds. The molecular weight excluding hydrogens is 198 g/mol. The van der Waals surface area contributed by atoms with Crippen molar-refractivity contribution in [3.05, 3.63) is 42.0 Å². The fourth-order valence-electron chi connectivity index (χ4n) is 2.32. The summed E-state index contributed by atoms with van der Waals surface area (Å²) in [7, 11) is 0. The molecule has 0 spiro atoms. The van der Waals surface area contributed by atoms with Crippen LogP contribution in [0.4, 0.5) is 0 Å². The van der Waals surface area contributed by atoms with Crippen LogP contribution in [0.25, 0.3) is 10.8 Å². The lowest BCUT2D eigenvalue weighted by Gasteiger charge is -2.27. The predicted octanol–water partition coefficient (Wildman–Crippen LogP) is 2.31. The molecule has 0 unspecified atom stereocenters. The van der Waals surface area contributed by atoms with Gasteiger partial charge in [0.25, 0.3) is 0 Å². The van der Waals surface area contributed by atoms with E-state index in [1.54, 1.807) is 0 Å². The molecule has 2 aromatic rings. The first kappa shape index (κ1) is 9.67. The Bertz CT molecular complexity index is 517. The molecule has 16 heavy (non-hydrogen) atoms. The van der Waals surface area contributed by atoms with Crippen LogP contribution in [0.15, 0.2) is 36.4 Å². The van der Waals surface area contributed by atoms with Gasteiger partial charge in [-0.1, -0.05) is 30.3 Å². The highest BCUT2D eigenvalue weighted by molar-refractivity contribution is 5.87. The minimum Gasteiger partial charge on any atom is -0.508 e. The van der Waals surface area contributed by atoms with Gasteiger partial charge in [0.05, 0.1) is 0 Å². The summed E-state index contributed by atoms with van der Waals surface area (Å²) >= 11 is 0. The Morgan fingerprint density at radius 1 is 1.12 bits per heavy atom. The fraction of sp³-hybridized carbons (Fsp3) is 0.286. The molecule has 1 aliphatic heterocycles. The lowest BCUT2D eigenvalue weighted by molar-refractivity contribution is 0.342. The number of nitrogens with one attached hydrogen (secondary N) is 1. The number of benzene rings is 2. The Morgan fingerprint density at radius 2 is 1.94 bits per heavy atom. The van der Waals surface area contributed by atoms with Gasteiger partial charge < -0.3 is 10.4 Å². The van der Waals surface area contributed by atoms with E-state index in [2.05, 4.69) is 17.4 Å². The zero-order valence-corrected chi connectivity index (χ0v) is 9.11. The molecule has 2 nitrogen and oxygen atoms in total. The second kappa shape index (κ2) is 3.80. The molecule has 0 aromatic heterocycles. The van der Waals surface area contributed by atoms with Crippen LogP contribution in [0.3, 0.4) is 0 Å². The molecule has 82 valence electrons. The molecule has 1 fully saturated rings. The molecule has 1 aliphatic rings. The Kier molecular flexibility index (Phi) is 2.29. The highest BCUT2D eigenvalue weighted by atomic mass is 16.3. The van der Waals surface area contributed by atoms with Crippen molar-refractivity contribution < 1.29 is 5.11 Å². The molecule has 0 bridgehead atoms. The van der Waals surface area contributed by atoms with Gasteiger partial charge in [-0.3, -0.25) is 0 Å². The standard InChI is InChI=1S/C14H15NO/c16-14-6-5-11-3-1-2-4-12(11)13(14)7-10-8-15-9-10/h1-6,10,15-16H,7-9H2. The van der Waals surface area contributed by atoms with Crippen LogP contribution in [0.5, 0.6) is 5.75 Å². The van der Waals surface area contributed by atoms with Gasteiger partial charge in [0.15, 0.2) is 0 Å². The minimum absolute atomic E-state index is 0.436. The molecule has 3 rings (SSSR count). The first-order chi connectivity index (χ1) is 7.84. The summed E-state index contributed by atoms with van der Waals surface area (Å²) in [6.07, 6.45) is 0.972. The summed E-state index contributed by atoms with van der Waals surface area (Å²) in [5.41, 5.74) is 1.10. The summed E-state index contributed by atoms with van der Waals surface area (Å²) in [5.74, 6) is 1.11. The van der Waals surface area contributed by atoms with Crippen LogP contribution in [0.2, 0.25) is 0 Å². The highest BCUT2D eigenvalue weighted by Crippen LogP contribution is 2.29. The summed E-state index contributed by atoms with van der Waals surface area (Å²) < 4.78 is 0. The Morgan fingerprint density at radius 3 is 2.69 bits per heavy atom.